The highest BCUT2D eigenvalue weighted by Gasteiger charge is 2.71. The van der Waals surface area contributed by atoms with Crippen LogP contribution in [0.1, 0.15) is 56.0 Å². The van der Waals surface area contributed by atoms with E-state index in [1.54, 1.807) is 6.07 Å². The van der Waals surface area contributed by atoms with Crippen LogP contribution < -0.4 is 5.73 Å². The number of halogens is 2. The van der Waals surface area contributed by atoms with Crippen molar-refractivity contribution < 1.29 is 13.6 Å². The molecule has 3 heterocycles. The average molecular weight is 522 g/mol. The van der Waals surface area contributed by atoms with Crippen molar-refractivity contribution in [3.8, 4) is 6.07 Å². The second-order valence-electron chi connectivity index (χ2n) is 10.8. The number of nitriles is 1. The molecule has 5 rings (SSSR count). The van der Waals surface area contributed by atoms with Gasteiger partial charge in [0.05, 0.1) is 16.8 Å². The molecule has 6 nitrogen and oxygen atoms in total. The van der Waals surface area contributed by atoms with E-state index in [1.807, 2.05) is 17.9 Å². The molecule has 0 radical (unpaired) electrons. The van der Waals surface area contributed by atoms with Gasteiger partial charge in [0.1, 0.15) is 22.5 Å². The van der Waals surface area contributed by atoms with Crippen LogP contribution in [0.4, 0.5) is 8.78 Å². The maximum Gasteiger partial charge on any atom is 0.239 e. The molecule has 2 fully saturated rings. The number of hydrogen-bond donors (Lipinski definition) is 1. The zero-order valence-corrected chi connectivity index (χ0v) is 21.9. The number of pyridine rings is 1. The van der Waals surface area contributed by atoms with Crippen LogP contribution in [-0.4, -0.2) is 38.8 Å². The summed E-state index contributed by atoms with van der Waals surface area (Å²) in [6, 6.07) is 9.20. The van der Waals surface area contributed by atoms with Crippen molar-refractivity contribution >= 4 is 34.7 Å². The number of aromatic nitrogens is 1. The lowest BCUT2D eigenvalue weighted by molar-refractivity contribution is -0.134. The van der Waals surface area contributed by atoms with Gasteiger partial charge in [-0.1, -0.05) is 31.7 Å². The third-order valence-corrected chi connectivity index (χ3v) is 8.99. The molecule has 1 saturated heterocycles. The summed E-state index contributed by atoms with van der Waals surface area (Å²) >= 11 is 1.30. The Morgan fingerprint density at radius 1 is 1.27 bits per heavy atom. The molecule has 2 aliphatic heterocycles. The molecule has 1 saturated carbocycles. The normalized spacial score (nSPS) is 31.2. The van der Waals surface area contributed by atoms with Gasteiger partial charge in [0.25, 0.3) is 0 Å². The van der Waals surface area contributed by atoms with Gasteiger partial charge in [0, 0.05) is 30.8 Å². The maximum atomic E-state index is 15.3. The van der Waals surface area contributed by atoms with Crippen molar-refractivity contribution in [2.24, 2.45) is 28.5 Å². The number of likely N-dealkylation sites (tertiary alicyclic amines) is 1. The van der Waals surface area contributed by atoms with E-state index in [-0.39, 0.29) is 28.3 Å². The number of nitrogens with two attached hydrogens (primary N) is 1. The number of fused-ring (bicyclic) bond motifs is 1. The van der Waals surface area contributed by atoms with E-state index >= 15 is 4.39 Å². The number of thioether (sulfide) groups is 1. The lowest BCUT2D eigenvalue weighted by Gasteiger charge is -2.39. The Morgan fingerprint density at radius 3 is 2.65 bits per heavy atom. The summed E-state index contributed by atoms with van der Waals surface area (Å²) in [7, 11) is 0. The van der Waals surface area contributed by atoms with Crippen molar-refractivity contribution in [1.82, 2.24) is 9.88 Å². The van der Waals surface area contributed by atoms with Gasteiger partial charge in [0.2, 0.25) is 5.91 Å². The van der Waals surface area contributed by atoms with Crippen LogP contribution in [0.3, 0.4) is 0 Å². The number of aliphatic imine (C=N–C) groups is 1. The lowest BCUT2D eigenvalue weighted by Crippen LogP contribution is -2.50. The predicted octanol–water partition coefficient (Wildman–Crippen LogP) is 5.10. The van der Waals surface area contributed by atoms with Crippen LogP contribution in [0, 0.1) is 34.9 Å². The fraction of sp³-hybridized carbons (Fsp3) is 0.429. The third-order valence-electron chi connectivity index (χ3n) is 7.70. The van der Waals surface area contributed by atoms with Crippen LogP contribution >= 0.6 is 11.8 Å². The minimum Gasteiger partial charge on any atom is -0.378 e. The topological polar surface area (TPSA) is 95.4 Å². The van der Waals surface area contributed by atoms with E-state index < -0.39 is 21.9 Å². The van der Waals surface area contributed by atoms with Gasteiger partial charge >= 0.3 is 0 Å². The first-order valence-corrected chi connectivity index (χ1v) is 13.2. The molecule has 1 aromatic heterocycles. The van der Waals surface area contributed by atoms with Crippen molar-refractivity contribution in [2.45, 2.75) is 43.9 Å². The molecule has 0 spiro atoms. The van der Waals surface area contributed by atoms with Gasteiger partial charge in [-0.25, -0.2) is 8.78 Å². The molecule has 2 N–H and O–H groups in total. The summed E-state index contributed by atoms with van der Waals surface area (Å²) in [6.07, 6.45) is 4.21. The van der Waals surface area contributed by atoms with E-state index in [0.717, 1.165) is 6.42 Å². The number of amides is 1. The van der Waals surface area contributed by atoms with E-state index in [1.165, 1.54) is 48.3 Å². The number of carbonyl (C=O) groups excluding carboxylic acids is 1. The Morgan fingerprint density at radius 2 is 2.00 bits per heavy atom. The summed E-state index contributed by atoms with van der Waals surface area (Å²) in [5, 5.41) is 9.18. The second kappa shape index (κ2) is 9.25. The van der Waals surface area contributed by atoms with Crippen LogP contribution in [0.5, 0.6) is 0 Å². The van der Waals surface area contributed by atoms with E-state index in [0.29, 0.717) is 42.5 Å². The van der Waals surface area contributed by atoms with Crippen molar-refractivity contribution in [2.75, 3.05) is 13.1 Å². The van der Waals surface area contributed by atoms with E-state index in [2.05, 4.69) is 23.8 Å². The molecular formula is C28H29F2N5OS. The van der Waals surface area contributed by atoms with Crippen molar-refractivity contribution in [3.05, 3.63) is 64.7 Å². The molecule has 1 aromatic carbocycles. The van der Waals surface area contributed by atoms with Crippen molar-refractivity contribution in [3.63, 3.8) is 0 Å². The molecule has 2 aromatic rings. The number of amidine groups is 1. The molecule has 1 amide bonds. The molecule has 0 bridgehead atoms. The van der Waals surface area contributed by atoms with Gasteiger partial charge in [-0.05, 0) is 67.5 Å². The van der Waals surface area contributed by atoms with E-state index in [9.17, 15) is 9.18 Å². The minimum absolute atomic E-state index is 0.0550. The zero-order chi connectivity index (χ0) is 26.5. The Bertz CT molecular complexity index is 1340. The molecule has 5 atom stereocenters. The summed E-state index contributed by atoms with van der Waals surface area (Å²) < 4.78 is 29.4. The molecule has 9 heteroatoms. The number of hydrogen-bond acceptors (Lipinski definition) is 6. The summed E-state index contributed by atoms with van der Waals surface area (Å²) in [5.41, 5.74) is 6.32. The summed E-state index contributed by atoms with van der Waals surface area (Å²) in [5.74, 6) is -0.412. The standard InChI is InChI=1S/C28H29F2N5OS/c1-16-8-17(2)15-35(14-16)25(36)28-11-24(28)27(3,34-26(32)37-28)20-9-18(4-6-21(20)29)10-22(30)23-7-5-19(12-31)13-33-23/h4-7,9-10,13,16-17,24H,8,11,14-15H2,1-3H3,(H2,32,34)/b22-10-/t16?,17?,24-,27+,28-/m0/s1. The second-order valence-corrected chi connectivity index (χ2v) is 12.1. The fourth-order valence-electron chi connectivity index (χ4n) is 5.99. The van der Waals surface area contributed by atoms with Crippen LogP contribution in [0.2, 0.25) is 0 Å². The SMILES string of the molecule is CC1CC(C)CN(C(=O)[C@]23C[C@H]2[C@@](C)(c2cc(/C=C(\F)c4ccc(C#N)cn4)ccc2F)N=C(N)S3)C1. The van der Waals surface area contributed by atoms with Gasteiger partial charge in [0.15, 0.2) is 5.17 Å². The van der Waals surface area contributed by atoms with Gasteiger partial charge < -0.3 is 10.6 Å². The average Bonchev–Trinajstić information content (AvgIpc) is 3.60. The highest BCUT2D eigenvalue weighted by molar-refractivity contribution is 8.15. The fourth-order valence-corrected chi connectivity index (χ4v) is 7.44. The smallest absolute Gasteiger partial charge is 0.239 e. The first-order chi connectivity index (χ1) is 17.6. The first-order valence-electron chi connectivity index (χ1n) is 12.4. The number of rotatable bonds is 4. The molecule has 3 aliphatic rings. The number of carbonyl (C=O) groups is 1. The number of piperidine rings is 1. The largest absolute Gasteiger partial charge is 0.378 e. The molecule has 192 valence electrons. The number of benzene rings is 1. The minimum atomic E-state index is -1.06. The van der Waals surface area contributed by atoms with Gasteiger partial charge in [-0.2, -0.15) is 5.26 Å². The third kappa shape index (κ3) is 4.52. The van der Waals surface area contributed by atoms with Crippen LogP contribution in [0.15, 0.2) is 41.5 Å². The Kier molecular flexibility index (Phi) is 6.35. The zero-order valence-electron chi connectivity index (χ0n) is 21.0. The molecule has 37 heavy (non-hydrogen) atoms. The van der Waals surface area contributed by atoms with Crippen molar-refractivity contribution in [1.29, 1.82) is 5.26 Å². The maximum absolute atomic E-state index is 15.3. The van der Waals surface area contributed by atoms with E-state index in [4.69, 9.17) is 11.0 Å². The Hall–Kier alpha value is -3.25. The number of nitrogens with zero attached hydrogens (tertiary/aromatic N) is 4. The highest BCUT2D eigenvalue weighted by atomic mass is 32.2. The summed E-state index contributed by atoms with van der Waals surface area (Å²) in [4.78, 5) is 24.4. The van der Waals surface area contributed by atoms with Gasteiger partial charge in [-0.15, -0.1) is 0 Å². The quantitative estimate of drug-likeness (QED) is 0.604. The Labute approximate surface area is 219 Å². The Balaban J connectivity index is 1.46. The summed E-state index contributed by atoms with van der Waals surface area (Å²) in [6.45, 7) is 7.55. The molecule has 1 aliphatic carbocycles. The molecule has 2 unspecified atom stereocenters. The monoisotopic (exact) mass is 521 g/mol. The predicted molar refractivity (Wildman–Crippen MR) is 141 cm³/mol. The van der Waals surface area contributed by atoms with Gasteiger partial charge in [-0.3, -0.25) is 14.8 Å². The molecular weight excluding hydrogens is 492 g/mol. The van der Waals surface area contributed by atoms with Crippen LogP contribution in [0.25, 0.3) is 11.9 Å². The lowest BCUT2D eigenvalue weighted by atomic mass is 9.84. The first kappa shape index (κ1) is 25.4. The highest BCUT2D eigenvalue weighted by Crippen LogP contribution is 2.66. The van der Waals surface area contributed by atoms with Crippen LogP contribution in [-0.2, 0) is 10.3 Å².